The van der Waals surface area contributed by atoms with Crippen LogP contribution in [0.3, 0.4) is 0 Å². The molecular weight excluding hydrogens is 240 g/mol. The standard InChI is InChI=1S/C11H16N2O3S/c1-5-8-6-9(14)13(3)11(12-8)17-7(2)10(15)16-4/h6-7H,5H2,1-4H3. The zero-order chi connectivity index (χ0) is 13.0. The summed E-state index contributed by atoms with van der Waals surface area (Å²) < 4.78 is 6.07. The van der Waals surface area contributed by atoms with Gasteiger partial charge in [-0.3, -0.25) is 14.2 Å². The topological polar surface area (TPSA) is 61.2 Å². The molecular formula is C11H16N2O3S. The first-order chi connectivity index (χ1) is 7.99. The molecule has 1 rings (SSSR count). The normalized spacial score (nSPS) is 12.2. The van der Waals surface area contributed by atoms with Crippen LogP contribution in [0.25, 0.3) is 0 Å². The number of ether oxygens (including phenoxy) is 1. The Morgan fingerprint density at radius 1 is 1.65 bits per heavy atom. The Kier molecular flexibility index (Phi) is 4.74. The fourth-order valence-corrected chi connectivity index (χ4v) is 2.15. The number of hydrogen-bond donors (Lipinski definition) is 0. The Morgan fingerprint density at radius 2 is 2.29 bits per heavy atom. The van der Waals surface area contributed by atoms with Gasteiger partial charge < -0.3 is 4.74 Å². The van der Waals surface area contributed by atoms with Crippen molar-refractivity contribution in [3.8, 4) is 0 Å². The predicted molar refractivity (Wildman–Crippen MR) is 66.2 cm³/mol. The molecule has 0 spiro atoms. The maximum absolute atomic E-state index is 11.6. The molecule has 0 aliphatic rings. The molecule has 1 aromatic heterocycles. The summed E-state index contributed by atoms with van der Waals surface area (Å²) in [7, 11) is 2.98. The summed E-state index contributed by atoms with van der Waals surface area (Å²) >= 11 is 1.22. The second-order valence-electron chi connectivity index (χ2n) is 3.56. The number of rotatable bonds is 4. The van der Waals surface area contributed by atoms with Gasteiger partial charge in [-0.25, -0.2) is 4.98 Å². The molecule has 0 saturated carbocycles. The van der Waals surface area contributed by atoms with Crippen LogP contribution >= 0.6 is 11.8 Å². The molecule has 0 saturated heterocycles. The molecule has 1 aromatic rings. The van der Waals surface area contributed by atoms with Gasteiger partial charge in [-0.1, -0.05) is 18.7 Å². The van der Waals surface area contributed by atoms with E-state index in [4.69, 9.17) is 0 Å². The van der Waals surface area contributed by atoms with Crippen LogP contribution in [0.5, 0.6) is 0 Å². The molecule has 6 heteroatoms. The van der Waals surface area contributed by atoms with E-state index >= 15 is 0 Å². The number of aromatic nitrogens is 2. The third-order valence-electron chi connectivity index (χ3n) is 2.32. The van der Waals surface area contributed by atoms with Gasteiger partial charge in [-0.05, 0) is 13.3 Å². The summed E-state index contributed by atoms with van der Waals surface area (Å²) in [6.07, 6.45) is 0.691. The van der Waals surface area contributed by atoms with Crippen LogP contribution < -0.4 is 5.56 Å². The Hall–Kier alpha value is -1.30. The highest BCUT2D eigenvalue weighted by Gasteiger charge is 2.17. The summed E-state index contributed by atoms with van der Waals surface area (Å²) in [5, 5.41) is 0.150. The number of carbonyl (C=O) groups excluding carboxylic acids is 1. The lowest BCUT2D eigenvalue weighted by Crippen LogP contribution is -2.23. The number of aryl methyl sites for hydroxylation is 1. The number of thioether (sulfide) groups is 1. The van der Waals surface area contributed by atoms with Crippen LogP contribution in [0.4, 0.5) is 0 Å². The summed E-state index contributed by atoms with van der Waals surface area (Å²) in [5.74, 6) is -0.328. The third-order valence-corrected chi connectivity index (χ3v) is 3.45. The Balaban J connectivity index is 3.01. The molecule has 0 fully saturated rings. The lowest BCUT2D eigenvalue weighted by Gasteiger charge is -2.11. The van der Waals surface area contributed by atoms with Crippen LogP contribution in [0.15, 0.2) is 16.0 Å². The Morgan fingerprint density at radius 3 is 2.82 bits per heavy atom. The largest absolute Gasteiger partial charge is 0.468 e. The summed E-state index contributed by atoms with van der Waals surface area (Å²) in [4.78, 5) is 27.3. The second-order valence-corrected chi connectivity index (χ2v) is 4.87. The van der Waals surface area contributed by atoms with E-state index in [1.807, 2.05) is 6.92 Å². The summed E-state index contributed by atoms with van der Waals surface area (Å²) in [5.41, 5.74) is 0.615. The fraction of sp³-hybridized carbons (Fsp3) is 0.545. The first-order valence-electron chi connectivity index (χ1n) is 5.31. The summed E-state index contributed by atoms with van der Waals surface area (Å²) in [6, 6.07) is 1.51. The Labute approximate surface area is 104 Å². The van der Waals surface area contributed by atoms with Crippen LogP contribution in [0.1, 0.15) is 19.5 Å². The van der Waals surface area contributed by atoms with Crippen molar-refractivity contribution in [1.29, 1.82) is 0 Å². The molecule has 0 aliphatic heterocycles. The van der Waals surface area contributed by atoms with E-state index in [1.54, 1.807) is 14.0 Å². The smallest absolute Gasteiger partial charge is 0.318 e. The van der Waals surface area contributed by atoms with Gasteiger partial charge in [-0.15, -0.1) is 0 Å². The highest BCUT2D eigenvalue weighted by Crippen LogP contribution is 2.20. The van der Waals surface area contributed by atoms with E-state index in [0.29, 0.717) is 11.6 Å². The highest BCUT2D eigenvalue weighted by atomic mass is 32.2. The molecule has 1 unspecified atom stereocenters. The van der Waals surface area contributed by atoms with Gasteiger partial charge >= 0.3 is 5.97 Å². The molecule has 0 N–H and O–H groups in total. The maximum Gasteiger partial charge on any atom is 0.318 e. The van der Waals surface area contributed by atoms with Crippen molar-refractivity contribution in [2.45, 2.75) is 30.7 Å². The molecule has 0 amide bonds. The number of hydrogen-bond acceptors (Lipinski definition) is 5. The zero-order valence-corrected chi connectivity index (χ0v) is 11.2. The Bertz CT molecular complexity index is 470. The quantitative estimate of drug-likeness (QED) is 0.457. The van der Waals surface area contributed by atoms with Gasteiger partial charge in [0.25, 0.3) is 5.56 Å². The van der Waals surface area contributed by atoms with E-state index < -0.39 is 0 Å². The van der Waals surface area contributed by atoms with Gasteiger partial charge in [0, 0.05) is 18.8 Å². The number of esters is 1. The molecule has 17 heavy (non-hydrogen) atoms. The van der Waals surface area contributed by atoms with Crippen LogP contribution in [-0.2, 0) is 23.0 Å². The van der Waals surface area contributed by atoms with E-state index in [0.717, 1.165) is 5.69 Å². The second kappa shape index (κ2) is 5.86. The van der Waals surface area contributed by atoms with E-state index in [1.165, 1.54) is 29.5 Å². The predicted octanol–water partition coefficient (Wildman–Crippen LogP) is 0.996. The minimum absolute atomic E-state index is 0.114. The van der Waals surface area contributed by atoms with E-state index in [9.17, 15) is 9.59 Å². The minimum atomic E-state index is -0.384. The highest BCUT2D eigenvalue weighted by molar-refractivity contribution is 8.00. The molecule has 0 bridgehead atoms. The molecule has 0 aromatic carbocycles. The van der Waals surface area contributed by atoms with E-state index in [2.05, 4.69) is 9.72 Å². The van der Waals surface area contributed by atoms with Crippen molar-refractivity contribution >= 4 is 17.7 Å². The molecule has 94 valence electrons. The van der Waals surface area contributed by atoms with E-state index in [-0.39, 0.29) is 16.8 Å². The SMILES string of the molecule is CCc1cc(=O)n(C)c(SC(C)C(=O)OC)n1. The molecule has 1 heterocycles. The lowest BCUT2D eigenvalue weighted by molar-refractivity contribution is -0.139. The van der Waals surface area contributed by atoms with Crippen LogP contribution in [0, 0.1) is 0 Å². The molecule has 5 nitrogen and oxygen atoms in total. The first-order valence-corrected chi connectivity index (χ1v) is 6.19. The zero-order valence-electron chi connectivity index (χ0n) is 10.4. The van der Waals surface area contributed by atoms with Crippen molar-refractivity contribution in [3.63, 3.8) is 0 Å². The van der Waals surface area contributed by atoms with Crippen molar-refractivity contribution in [2.75, 3.05) is 7.11 Å². The van der Waals surface area contributed by atoms with Crippen LogP contribution in [-0.4, -0.2) is 27.9 Å². The molecule has 0 radical (unpaired) electrons. The number of carbonyl (C=O) groups is 1. The van der Waals surface area contributed by atoms with Crippen LogP contribution in [0.2, 0.25) is 0 Å². The fourth-order valence-electron chi connectivity index (χ4n) is 1.22. The van der Waals surface area contributed by atoms with Crippen molar-refractivity contribution in [1.82, 2.24) is 9.55 Å². The minimum Gasteiger partial charge on any atom is -0.468 e. The average molecular weight is 256 g/mol. The number of nitrogens with zero attached hydrogens (tertiary/aromatic N) is 2. The monoisotopic (exact) mass is 256 g/mol. The van der Waals surface area contributed by atoms with Gasteiger partial charge in [0.05, 0.1) is 7.11 Å². The first kappa shape index (κ1) is 13.8. The van der Waals surface area contributed by atoms with Gasteiger partial charge in [0.2, 0.25) is 0 Å². The van der Waals surface area contributed by atoms with Crippen molar-refractivity contribution < 1.29 is 9.53 Å². The average Bonchev–Trinajstić information content (AvgIpc) is 2.33. The van der Waals surface area contributed by atoms with Gasteiger partial charge in [0.1, 0.15) is 5.25 Å². The number of methoxy groups -OCH3 is 1. The van der Waals surface area contributed by atoms with Crippen molar-refractivity contribution in [3.05, 3.63) is 22.1 Å². The third kappa shape index (κ3) is 3.33. The van der Waals surface area contributed by atoms with Crippen molar-refractivity contribution in [2.24, 2.45) is 7.05 Å². The van der Waals surface area contributed by atoms with Gasteiger partial charge in [0.15, 0.2) is 5.16 Å². The lowest BCUT2D eigenvalue weighted by atomic mass is 10.3. The molecule has 1 atom stereocenters. The van der Waals surface area contributed by atoms with Gasteiger partial charge in [-0.2, -0.15) is 0 Å². The summed E-state index contributed by atoms with van der Waals surface area (Å²) in [6.45, 7) is 3.65. The maximum atomic E-state index is 11.6. The molecule has 0 aliphatic carbocycles.